The number of carbonyl (C=O) groups excluding carboxylic acids is 2. The van der Waals surface area contributed by atoms with Crippen LogP contribution in [-0.2, 0) is 14.8 Å². The fourth-order valence-corrected chi connectivity index (χ4v) is 4.39. The first-order chi connectivity index (χ1) is 12.3. The molecule has 26 heavy (non-hydrogen) atoms. The first-order valence-corrected chi connectivity index (χ1v) is 10.8. The van der Waals surface area contributed by atoms with Gasteiger partial charge >= 0.3 is 6.03 Å². The van der Waals surface area contributed by atoms with E-state index in [9.17, 15) is 18.0 Å². The van der Waals surface area contributed by atoms with Gasteiger partial charge in [-0.3, -0.25) is 10.1 Å². The van der Waals surface area contributed by atoms with Gasteiger partial charge < -0.3 is 5.32 Å². The number of aromatic nitrogens is 1. The predicted octanol–water partition coefficient (Wildman–Crippen LogP) is 1.58. The topological polar surface area (TPSA) is 108 Å². The van der Waals surface area contributed by atoms with Gasteiger partial charge in [-0.25, -0.2) is 18.2 Å². The Balaban J connectivity index is 1.95. The minimum atomic E-state index is -3.55. The summed E-state index contributed by atoms with van der Waals surface area (Å²) < 4.78 is 26.2. The second-order valence-electron chi connectivity index (χ2n) is 5.92. The van der Waals surface area contributed by atoms with E-state index in [1.807, 2.05) is 0 Å². The van der Waals surface area contributed by atoms with Crippen molar-refractivity contribution in [2.24, 2.45) is 0 Å². The largest absolute Gasteiger partial charge is 0.335 e. The number of imide groups is 1. The number of amides is 3. The van der Waals surface area contributed by atoms with E-state index in [-0.39, 0.29) is 10.9 Å². The van der Waals surface area contributed by atoms with E-state index < -0.39 is 27.2 Å². The maximum Gasteiger partial charge on any atom is 0.321 e. The average Bonchev–Trinajstić information content (AvgIpc) is 3.39. The van der Waals surface area contributed by atoms with Crippen LogP contribution in [0.15, 0.2) is 28.3 Å². The zero-order valence-corrected chi connectivity index (χ0v) is 16.7. The van der Waals surface area contributed by atoms with E-state index in [2.05, 4.69) is 15.6 Å². The lowest BCUT2D eigenvalue weighted by molar-refractivity contribution is -0.119. The van der Waals surface area contributed by atoms with Crippen LogP contribution in [0.1, 0.15) is 33.6 Å². The number of urea groups is 1. The van der Waals surface area contributed by atoms with Gasteiger partial charge in [0.2, 0.25) is 15.9 Å². The van der Waals surface area contributed by atoms with Crippen LogP contribution >= 0.6 is 11.8 Å². The van der Waals surface area contributed by atoms with Gasteiger partial charge in [0.1, 0.15) is 4.90 Å². The summed E-state index contributed by atoms with van der Waals surface area (Å²) >= 11 is 1.16. The van der Waals surface area contributed by atoms with Crippen LogP contribution in [0, 0.1) is 0 Å². The van der Waals surface area contributed by atoms with Crippen molar-refractivity contribution in [3.8, 4) is 0 Å². The Morgan fingerprint density at radius 2 is 1.96 bits per heavy atom. The van der Waals surface area contributed by atoms with Gasteiger partial charge in [-0.2, -0.15) is 4.31 Å². The zero-order valence-electron chi connectivity index (χ0n) is 15.1. The molecule has 1 aliphatic carbocycles. The third-order valence-electron chi connectivity index (χ3n) is 3.87. The Kier molecular flexibility index (Phi) is 7.01. The summed E-state index contributed by atoms with van der Waals surface area (Å²) in [5.41, 5.74) is 0. The number of pyridine rings is 1. The summed E-state index contributed by atoms with van der Waals surface area (Å²) in [6.07, 6.45) is 3.18. The highest BCUT2D eigenvalue weighted by molar-refractivity contribution is 8.00. The summed E-state index contributed by atoms with van der Waals surface area (Å²) in [5, 5.41) is 4.94. The molecule has 3 amide bonds. The van der Waals surface area contributed by atoms with Gasteiger partial charge in [0, 0.05) is 25.3 Å². The number of rotatable bonds is 8. The Morgan fingerprint density at radius 3 is 2.46 bits per heavy atom. The maximum atomic E-state index is 12.4. The molecule has 144 valence electrons. The number of sulfonamides is 1. The molecule has 8 nitrogen and oxygen atoms in total. The molecule has 1 saturated carbocycles. The highest BCUT2D eigenvalue weighted by Crippen LogP contribution is 2.23. The van der Waals surface area contributed by atoms with Gasteiger partial charge in [-0.15, -0.1) is 0 Å². The van der Waals surface area contributed by atoms with Crippen LogP contribution in [0.5, 0.6) is 0 Å². The number of carbonyl (C=O) groups is 2. The zero-order chi connectivity index (χ0) is 19.3. The van der Waals surface area contributed by atoms with Crippen LogP contribution in [0.2, 0.25) is 0 Å². The van der Waals surface area contributed by atoms with E-state index in [1.54, 1.807) is 26.8 Å². The molecule has 2 N–H and O–H groups in total. The molecule has 0 bridgehead atoms. The van der Waals surface area contributed by atoms with Gasteiger partial charge in [0.05, 0.1) is 10.3 Å². The molecule has 1 unspecified atom stereocenters. The molecule has 1 atom stereocenters. The summed E-state index contributed by atoms with van der Waals surface area (Å²) in [6, 6.07) is 2.73. The number of hydrogen-bond donors (Lipinski definition) is 2. The molecule has 0 aliphatic heterocycles. The summed E-state index contributed by atoms with van der Waals surface area (Å²) in [4.78, 5) is 27.9. The normalized spacial score (nSPS) is 15.5. The molecule has 1 fully saturated rings. The quantitative estimate of drug-likeness (QED) is 0.642. The lowest BCUT2D eigenvalue weighted by Crippen LogP contribution is -2.43. The fourth-order valence-electron chi connectivity index (χ4n) is 2.20. The minimum Gasteiger partial charge on any atom is -0.335 e. The van der Waals surface area contributed by atoms with E-state index in [1.165, 1.54) is 16.6 Å². The van der Waals surface area contributed by atoms with Crippen molar-refractivity contribution in [1.29, 1.82) is 0 Å². The summed E-state index contributed by atoms with van der Waals surface area (Å²) in [6.45, 7) is 5.98. The van der Waals surface area contributed by atoms with Crippen molar-refractivity contribution in [1.82, 2.24) is 19.9 Å². The third-order valence-corrected chi connectivity index (χ3v) is 6.95. The summed E-state index contributed by atoms with van der Waals surface area (Å²) in [7, 11) is -3.55. The fraction of sp³-hybridized carbons (Fsp3) is 0.562. The van der Waals surface area contributed by atoms with Crippen LogP contribution in [0.4, 0.5) is 4.79 Å². The monoisotopic (exact) mass is 400 g/mol. The molecule has 2 rings (SSSR count). The molecule has 0 spiro atoms. The standard InChI is InChI=1S/C16H24N4O4S2/c1-4-20(5-2)26(23,24)13-8-9-14(17-10-13)25-11(3)15(21)19-16(22)18-12-6-7-12/h8-12H,4-7H2,1-3H3,(H2,18,19,21,22). The molecule has 10 heteroatoms. The Bertz CT molecular complexity index is 744. The van der Waals surface area contributed by atoms with Crippen LogP contribution in [0.3, 0.4) is 0 Å². The first kappa shape index (κ1) is 20.7. The summed E-state index contributed by atoms with van der Waals surface area (Å²) in [5.74, 6) is -0.421. The molecule has 1 aromatic heterocycles. The Hall–Kier alpha value is -1.65. The van der Waals surface area contributed by atoms with Crippen molar-refractivity contribution in [3.05, 3.63) is 18.3 Å². The molecular formula is C16H24N4O4S2. The third kappa shape index (κ3) is 5.42. The van der Waals surface area contributed by atoms with Gasteiger partial charge in [-0.05, 0) is 31.9 Å². The molecule has 0 radical (unpaired) electrons. The van der Waals surface area contributed by atoms with Crippen LogP contribution in [-0.4, -0.2) is 54.0 Å². The molecule has 0 saturated heterocycles. The van der Waals surface area contributed by atoms with Gasteiger partial charge in [-0.1, -0.05) is 25.6 Å². The van der Waals surface area contributed by atoms with Crippen molar-refractivity contribution in [3.63, 3.8) is 0 Å². The molecule has 1 aliphatic rings. The van der Waals surface area contributed by atoms with Gasteiger partial charge in [0.15, 0.2) is 0 Å². The number of thioether (sulfide) groups is 1. The predicted molar refractivity (Wildman–Crippen MR) is 99.4 cm³/mol. The SMILES string of the molecule is CCN(CC)S(=O)(=O)c1ccc(SC(C)C(=O)NC(=O)NC2CC2)nc1. The Labute approximate surface area is 158 Å². The van der Waals surface area contributed by atoms with Crippen LogP contribution in [0.25, 0.3) is 0 Å². The van der Waals surface area contributed by atoms with Crippen LogP contribution < -0.4 is 10.6 Å². The van der Waals surface area contributed by atoms with Crippen molar-refractivity contribution in [2.45, 2.75) is 54.8 Å². The first-order valence-electron chi connectivity index (χ1n) is 8.52. The van der Waals surface area contributed by atoms with E-state index in [0.717, 1.165) is 24.6 Å². The lowest BCUT2D eigenvalue weighted by Gasteiger charge is -2.18. The molecule has 0 aromatic carbocycles. The maximum absolute atomic E-state index is 12.4. The van der Waals surface area contributed by atoms with Crippen molar-refractivity contribution >= 4 is 33.7 Å². The highest BCUT2D eigenvalue weighted by atomic mass is 32.2. The molecule has 1 aromatic rings. The van der Waals surface area contributed by atoms with E-state index in [0.29, 0.717) is 18.1 Å². The molecule has 1 heterocycles. The smallest absolute Gasteiger partial charge is 0.321 e. The Morgan fingerprint density at radius 1 is 1.31 bits per heavy atom. The number of hydrogen-bond acceptors (Lipinski definition) is 6. The van der Waals surface area contributed by atoms with Crippen molar-refractivity contribution in [2.75, 3.05) is 13.1 Å². The molecular weight excluding hydrogens is 376 g/mol. The minimum absolute atomic E-state index is 0.117. The lowest BCUT2D eigenvalue weighted by atomic mass is 10.4. The van der Waals surface area contributed by atoms with Crippen molar-refractivity contribution < 1.29 is 18.0 Å². The second kappa shape index (κ2) is 8.83. The van der Waals surface area contributed by atoms with Gasteiger partial charge in [0.25, 0.3) is 0 Å². The van der Waals surface area contributed by atoms with E-state index >= 15 is 0 Å². The number of nitrogens with zero attached hydrogens (tertiary/aromatic N) is 2. The highest BCUT2D eigenvalue weighted by Gasteiger charge is 2.26. The average molecular weight is 401 g/mol. The number of nitrogens with one attached hydrogen (secondary N) is 2. The second-order valence-corrected chi connectivity index (χ2v) is 9.22. The van der Waals surface area contributed by atoms with E-state index in [4.69, 9.17) is 0 Å².